The van der Waals surface area contributed by atoms with Gasteiger partial charge in [0.2, 0.25) is 0 Å². The molecule has 3 aromatic rings. The molecule has 1 aliphatic rings. The van der Waals surface area contributed by atoms with Gasteiger partial charge in [-0.2, -0.15) is 0 Å². The van der Waals surface area contributed by atoms with E-state index >= 15 is 0 Å². The van der Waals surface area contributed by atoms with E-state index in [-0.39, 0.29) is 12.5 Å². The number of methoxy groups -OCH3 is 1. The third-order valence-corrected chi connectivity index (χ3v) is 6.22. The Balaban J connectivity index is 1.52. The molecule has 1 aliphatic heterocycles. The molecule has 0 spiro atoms. The molecule has 0 saturated carbocycles. The zero-order chi connectivity index (χ0) is 23.4. The molecule has 6 heteroatoms. The average Bonchev–Trinajstić information content (AvgIpc) is 2.84. The molecule has 0 atom stereocenters. The topological polar surface area (TPSA) is 65.0 Å². The first-order valence-electron chi connectivity index (χ1n) is 11.2. The Hall–Kier alpha value is -3.35. The zero-order valence-corrected chi connectivity index (χ0v) is 19.5. The van der Waals surface area contributed by atoms with Crippen LogP contribution in [0.1, 0.15) is 21.5 Å². The van der Waals surface area contributed by atoms with Crippen LogP contribution < -0.4 is 15.0 Å². The molecule has 33 heavy (non-hydrogen) atoms. The molecule has 4 rings (SSSR count). The van der Waals surface area contributed by atoms with Crippen LogP contribution in [0, 0.1) is 6.92 Å². The van der Waals surface area contributed by atoms with E-state index in [0.29, 0.717) is 5.56 Å². The quantitative estimate of drug-likeness (QED) is 0.596. The highest BCUT2D eigenvalue weighted by molar-refractivity contribution is 6.05. The van der Waals surface area contributed by atoms with Gasteiger partial charge in [-0.3, -0.25) is 4.79 Å². The minimum absolute atomic E-state index is 0.0280. The molecule has 1 saturated heterocycles. The number of aliphatic hydroxyl groups excluding tert-OH is 1. The summed E-state index contributed by atoms with van der Waals surface area (Å²) in [5.74, 6) is 0.666. The molecule has 0 aliphatic carbocycles. The molecule has 1 fully saturated rings. The standard InChI is InChI=1S/C27H31N3O3/c1-19-16-22(8-10-24(19)21-6-4-20(18-31)5-7-21)27(32)28-23-9-11-26(33-3)25(17-23)30-14-12-29(2)13-15-30/h4-11,16-17,31H,12-15,18H2,1-3H3,(H,28,32). The summed E-state index contributed by atoms with van der Waals surface area (Å²) in [7, 11) is 3.80. The second kappa shape index (κ2) is 10.1. The number of carbonyl (C=O) groups excluding carboxylic acids is 1. The number of hydrogen-bond acceptors (Lipinski definition) is 5. The van der Waals surface area contributed by atoms with Crippen molar-refractivity contribution in [2.24, 2.45) is 0 Å². The summed E-state index contributed by atoms with van der Waals surface area (Å²) in [5.41, 5.74) is 6.38. The monoisotopic (exact) mass is 445 g/mol. The van der Waals surface area contributed by atoms with E-state index in [1.54, 1.807) is 7.11 Å². The third kappa shape index (κ3) is 5.18. The Kier molecular flexibility index (Phi) is 6.96. The molecule has 172 valence electrons. The average molecular weight is 446 g/mol. The first-order valence-corrected chi connectivity index (χ1v) is 11.2. The van der Waals surface area contributed by atoms with Crippen LogP contribution in [0.3, 0.4) is 0 Å². The van der Waals surface area contributed by atoms with Gasteiger partial charge in [0.25, 0.3) is 5.91 Å². The Morgan fingerprint density at radius 3 is 2.36 bits per heavy atom. The zero-order valence-electron chi connectivity index (χ0n) is 19.5. The van der Waals surface area contributed by atoms with Gasteiger partial charge in [0, 0.05) is 37.4 Å². The van der Waals surface area contributed by atoms with Crippen molar-refractivity contribution in [2.75, 3.05) is 50.6 Å². The lowest BCUT2D eigenvalue weighted by Crippen LogP contribution is -2.44. The summed E-state index contributed by atoms with van der Waals surface area (Å²) in [4.78, 5) is 17.6. The molecule has 0 unspecified atom stereocenters. The Morgan fingerprint density at radius 1 is 1.00 bits per heavy atom. The minimum Gasteiger partial charge on any atom is -0.495 e. The van der Waals surface area contributed by atoms with Crippen LogP contribution >= 0.6 is 0 Å². The fraction of sp³-hybridized carbons (Fsp3) is 0.296. The van der Waals surface area contributed by atoms with Crippen molar-refractivity contribution in [3.05, 3.63) is 77.4 Å². The van der Waals surface area contributed by atoms with E-state index < -0.39 is 0 Å². The van der Waals surface area contributed by atoms with Crippen LogP contribution in [-0.2, 0) is 6.61 Å². The van der Waals surface area contributed by atoms with E-state index in [0.717, 1.165) is 65.6 Å². The van der Waals surface area contributed by atoms with Gasteiger partial charge in [0.1, 0.15) is 5.75 Å². The van der Waals surface area contributed by atoms with Crippen molar-refractivity contribution in [1.29, 1.82) is 0 Å². The van der Waals surface area contributed by atoms with Crippen molar-refractivity contribution >= 4 is 17.3 Å². The highest BCUT2D eigenvalue weighted by Crippen LogP contribution is 2.32. The lowest BCUT2D eigenvalue weighted by molar-refractivity contribution is 0.102. The Labute approximate surface area is 195 Å². The van der Waals surface area contributed by atoms with Gasteiger partial charge >= 0.3 is 0 Å². The summed E-state index contributed by atoms with van der Waals surface area (Å²) >= 11 is 0. The number of nitrogens with zero attached hydrogens (tertiary/aromatic N) is 2. The van der Waals surface area contributed by atoms with Crippen molar-refractivity contribution in [2.45, 2.75) is 13.5 Å². The summed E-state index contributed by atoms with van der Waals surface area (Å²) in [6.07, 6.45) is 0. The number of benzene rings is 3. The second-order valence-corrected chi connectivity index (χ2v) is 8.52. The molecule has 1 heterocycles. The number of hydrogen-bond donors (Lipinski definition) is 2. The van der Waals surface area contributed by atoms with Crippen LogP contribution in [0.25, 0.3) is 11.1 Å². The van der Waals surface area contributed by atoms with Crippen molar-refractivity contribution in [3.8, 4) is 16.9 Å². The number of ether oxygens (including phenoxy) is 1. The molecule has 1 amide bonds. The van der Waals surface area contributed by atoms with Crippen LogP contribution in [0.2, 0.25) is 0 Å². The van der Waals surface area contributed by atoms with Gasteiger partial charge in [0.05, 0.1) is 19.4 Å². The molecule has 0 aromatic heterocycles. The first kappa shape index (κ1) is 22.8. The van der Waals surface area contributed by atoms with E-state index in [1.165, 1.54) is 0 Å². The van der Waals surface area contributed by atoms with Gasteiger partial charge in [-0.15, -0.1) is 0 Å². The number of likely N-dealkylation sites (N-methyl/N-ethyl adjacent to an activating group) is 1. The van der Waals surface area contributed by atoms with Gasteiger partial charge in [-0.25, -0.2) is 0 Å². The molecular weight excluding hydrogens is 414 g/mol. The number of amides is 1. The molecular formula is C27H31N3O3. The highest BCUT2D eigenvalue weighted by atomic mass is 16.5. The van der Waals surface area contributed by atoms with E-state index in [9.17, 15) is 9.90 Å². The second-order valence-electron chi connectivity index (χ2n) is 8.52. The lowest BCUT2D eigenvalue weighted by atomic mass is 9.97. The molecule has 3 aromatic carbocycles. The SMILES string of the molecule is COc1ccc(NC(=O)c2ccc(-c3ccc(CO)cc3)c(C)c2)cc1N1CCN(C)CC1. The summed E-state index contributed by atoms with van der Waals surface area (Å²) in [5, 5.41) is 12.3. The summed E-state index contributed by atoms with van der Waals surface area (Å²) < 4.78 is 5.57. The number of rotatable bonds is 6. The Morgan fingerprint density at radius 2 is 1.73 bits per heavy atom. The van der Waals surface area contributed by atoms with E-state index in [1.807, 2.05) is 67.6 Å². The largest absolute Gasteiger partial charge is 0.495 e. The molecule has 6 nitrogen and oxygen atoms in total. The third-order valence-electron chi connectivity index (χ3n) is 6.22. The highest BCUT2D eigenvalue weighted by Gasteiger charge is 2.19. The van der Waals surface area contributed by atoms with Crippen molar-refractivity contribution in [1.82, 2.24) is 4.90 Å². The van der Waals surface area contributed by atoms with E-state index in [4.69, 9.17) is 4.74 Å². The Bertz CT molecular complexity index is 1120. The van der Waals surface area contributed by atoms with Gasteiger partial charge in [-0.1, -0.05) is 30.3 Å². The minimum atomic E-state index is -0.144. The van der Waals surface area contributed by atoms with Crippen molar-refractivity contribution in [3.63, 3.8) is 0 Å². The van der Waals surface area contributed by atoms with Crippen molar-refractivity contribution < 1.29 is 14.6 Å². The van der Waals surface area contributed by atoms with Gasteiger partial charge in [0.15, 0.2) is 0 Å². The van der Waals surface area contributed by atoms with Crippen LogP contribution in [0.4, 0.5) is 11.4 Å². The lowest BCUT2D eigenvalue weighted by Gasteiger charge is -2.35. The van der Waals surface area contributed by atoms with Crippen LogP contribution in [0.5, 0.6) is 5.75 Å². The number of aliphatic hydroxyl groups is 1. The number of nitrogens with one attached hydrogen (secondary N) is 1. The normalized spacial score (nSPS) is 14.2. The predicted molar refractivity (Wildman–Crippen MR) is 133 cm³/mol. The number of anilines is 2. The van der Waals surface area contributed by atoms with Crippen LogP contribution in [0.15, 0.2) is 60.7 Å². The first-order chi connectivity index (χ1) is 16.0. The number of carbonyl (C=O) groups is 1. The smallest absolute Gasteiger partial charge is 0.255 e. The maximum atomic E-state index is 13.0. The van der Waals surface area contributed by atoms with Gasteiger partial charge in [-0.05, 0) is 66.6 Å². The van der Waals surface area contributed by atoms with E-state index in [2.05, 4.69) is 22.2 Å². The number of aryl methyl sites for hydroxylation is 1. The fourth-order valence-corrected chi connectivity index (χ4v) is 4.18. The van der Waals surface area contributed by atoms with Gasteiger partial charge < -0.3 is 25.0 Å². The molecule has 0 bridgehead atoms. The molecule has 2 N–H and O–H groups in total. The maximum Gasteiger partial charge on any atom is 0.255 e. The number of piperazine rings is 1. The fourth-order valence-electron chi connectivity index (χ4n) is 4.18. The maximum absolute atomic E-state index is 13.0. The predicted octanol–water partition coefficient (Wildman–Crippen LogP) is 4.17. The summed E-state index contributed by atoms with van der Waals surface area (Å²) in [6.45, 7) is 5.86. The molecule has 0 radical (unpaired) electrons. The van der Waals surface area contributed by atoms with Crippen LogP contribution in [-0.4, -0.2) is 56.3 Å². The summed E-state index contributed by atoms with van der Waals surface area (Å²) in [6, 6.07) is 19.3.